The highest BCUT2D eigenvalue weighted by Gasteiger charge is 2.79. The Morgan fingerprint density at radius 1 is 1.00 bits per heavy atom. The van der Waals surface area contributed by atoms with Crippen LogP contribution in [0.1, 0.15) is 39.4 Å². The van der Waals surface area contributed by atoms with Gasteiger partial charge in [0.15, 0.2) is 5.60 Å². The van der Waals surface area contributed by atoms with Crippen molar-refractivity contribution in [2.45, 2.75) is 50.6 Å². The lowest BCUT2D eigenvalue weighted by atomic mass is 9.81. The maximum absolute atomic E-state index is 13.0. The summed E-state index contributed by atoms with van der Waals surface area (Å²) in [5.74, 6) is 0.00351. The molecule has 0 amide bonds. The molecule has 1 spiro atoms. The van der Waals surface area contributed by atoms with Crippen LogP contribution in [0.2, 0.25) is 5.02 Å². The van der Waals surface area contributed by atoms with Crippen molar-refractivity contribution < 1.29 is 14.3 Å². The van der Waals surface area contributed by atoms with Crippen LogP contribution < -0.4 is 0 Å². The van der Waals surface area contributed by atoms with E-state index in [0.29, 0.717) is 5.02 Å². The largest absolute Gasteiger partial charge is 0.358 e. The lowest BCUT2D eigenvalue weighted by Crippen LogP contribution is -2.41. The Labute approximate surface area is 166 Å². The molecule has 0 aliphatic carbocycles. The predicted octanol–water partition coefficient (Wildman–Crippen LogP) is 5.74. The van der Waals surface area contributed by atoms with Gasteiger partial charge in [0.1, 0.15) is 17.3 Å². The number of carbonyl (C=O) groups excluding carboxylic acids is 1. The summed E-state index contributed by atoms with van der Waals surface area (Å²) in [7, 11) is 0. The second kappa shape index (κ2) is 5.65. The molecule has 26 heavy (non-hydrogen) atoms. The summed E-state index contributed by atoms with van der Waals surface area (Å²) in [4.78, 5) is 13.0. The molecule has 0 aromatic heterocycles. The lowest BCUT2D eigenvalue weighted by molar-refractivity contribution is -0.132. The van der Waals surface area contributed by atoms with Crippen molar-refractivity contribution in [3.8, 4) is 11.1 Å². The average molecular weight is 436 g/mol. The SMILES string of the molecule is CC1(C)OC(C)(C)C2(OC2c2cc(-c3ccc(Cl)cc3)ccc2Br)C1=O. The summed E-state index contributed by atoms with van der Waals surface area (Å²) in [6.07, 6.45) is -0.326. The summed E-state index contributed by atoms with van der Waals surface area (Å²) in [6.45, 7) is 7.47. The first-order valence-corrected chi connectivity index (χ1v) is 9.74. The van der Waals surface area contributed by atoms with Crippen LogP contribution in [0, 0.1) is 0 Å². The van der Waals surface area contributed by atoms with Crippen LogP contribution in [0.3, 0.4) is 0 Å². The highest BCUT2D eigenvalue weighted by molar-refractivity contribution is 9.10. The molecule has 0 bridgehead atoms. The minimum absolute atomic E-state index is 0.00351. The molecule has 2 unspecified atom stereocenters. The molecule has 0 radical (unpaired) electrons. The normalized spacial score (nSPS) is 28.5. The molecule has 0 saturated carbocycles. The summed E-state index contributed by atoms with van der Waals surface area (Å²) >= 11 is 9.61. The maximum Gasteiger partial charge on any atom is 0.201 e. The van der Waals surface area contributed by atoms with E-state index in [1.54, 1.807) is 0 Å². The molecular weight excluding hydrogens is 416 g/mol. The number of hydrogen-bond donors (Lipinski definition) is 0. The van der Waals surface area contributed by atoms with E-state index in [1.807, 2.05) is 64.1 Å². The molecule has 5 heteroatoms. The Morgan fingerprint density at radius 2 is 1.62 bits per heavy atom. The first kappa shape index (κ1) is 18.2. The maximum atomic E-state index is 13.0. The molecule has 2 fully saturated rings. The smallest absolute Gasteiger partial charge is 0.201 e. The van der Waals surface area contributed by atoms with Crippen LogP contribution in [0.4, 0.5) is 0 Å². The van der Waals surface area contributed by atoms with E-state index in [1.165, 1.54) is 0 Å². The molecule has 0 N–H and O–H groups in total. The first-order valence-electron chi connectivity index (χ1n) is 8.57. The molecule has 4 rings (SSSR count). The van der Waals surface area contributed by atoms with Crippen molar-refractivity contribution >= 4 is 33.3 Å². The Kier molecular flexibility index (Phi) is 3.95. The van der Waals surface area contributed by atoms with Crippen LogP contribution >= 0.6 is 27.5 Å². The molecule has 2 aromatic carbocycles. The quantitative estimate of drug-likeness (QED) is 0.565. The van der Waals surface area contributed by atoms with Gasteiger partial charge in [-0.05, 0) is 68.7 Å². The third-order valence-corrected chi connectivity index (χ3v) is 6.33. The van der Waals surface area contributed by atoms with E-state index < -0.39 is 16.8 Å². The molecule has 2 heterocycles. The molecule has 2 aliphatic heterocycles. The van der Waals surface area contributed by atoms with Crippen LogP contribution in [0.15, 0.2) is 46.9 Å². The average Bonchev–Trinajstić information content (AvgIpc) is 3.29. The van der Waals surface area contributed by atoms with Crippen LogP contribution in [-0.4, -0.2) is 22.6 Å². The van der Waals surface area contributed by atoms with E-state index in [-0.39, 0.29) is 11.9 Å². The van der Waals surface area contributed by atoms with Gasteiger partial charge in [0, 0.05) is 9.50 Å². The van der Waals surface area contributed by atoms with E-state index in [9.17, 15) is 4.79 Å². The fourth-order valence-corrected chi connectivity index (χ4v) is 4.69. The van der Waals surface area contributed by atoms with Gasteiger partial charge in [-0.2, -0.15) is 0 Å². The number of epoxide rings is 1. The summed E-state index contributed by atoms with van der Waals surface area (Å²) < 4.78 is 13.0. The predicted molar refractivity (Wildman–Crippen MR) is 105 cm³/mol. The van der Waals surface area contributed by atoms with Crippen molar-refractivity contribution in [2.75, 3.05) is 0 Å². The number of Topliss-reactive ketones (excluding diaryl/α,β-unsaturated/α-hetero) is 1. The second-order valence-corrected chi connectivity index (χ2v) is 9.22. The van der Waals surface area contributed by atoms with Crippen LogP contribution in [-0.2, 0) is 14.3 Å². The first-order chi connectivity index (χ1) is 12.1. The number of hydrogen-bond acceptors (Lipinski definition) is 3. The van der Waals surface area contributed by atoms with Gasteiger partial charge in [0.25, 0.3) is 0 Å². The van der Waals surface area contributed by atoms with Crippen molar-refractivity contribution in [1.82, 2.24) is 0 Å². The topological polar surface area (TPSA) is 38.8 Å². The van der Waals surface area contributed by atoms with Crippen molar-refractivity contribution in [3.63, 3.8) is 0 Å². The number of benzene rings is 2. The standard InChI is InChI=1S/C21H20BrClO3/c1-19(2)18(24)21(20(3,4)26-19)17(25-21)15-11-13(7-10-16(15)22)12-5-8-14(23)9-6-12/h5-11,17H,1-4H3. The van der Waals surface area contributed by atoms with Crippen LogP contribution in [0.5, 0.6) is 0 Å². The highest BCUT2D eigenvalue weighted by atomic mass is 79.9. The minimum Gasteiger partial charge on any atom is -0.358 e. The van der Waals surface area contributed by atoms with Crippen molar-refractivity contribution in [2.24, 2.45) is 0 Å². The van der Waals surface area contributed by atoms with Gasteiger partial charge >= 0.3 is 0 Å². The third-order valence-electron chi connectivity index (χ3n) is 5.36. The van der Waals surface area contributed by atoms with E-state index in [2.05, 4.69) is 22.0 Å². The van der Waals surface area contributed by atoms with Crippen molar-refractivity contribution in [1.29, 1.82) is 0 Å². The molecule has 3 nitrogen and oxygen atoms in total. The zero-order valence-corrected chi connectivity index (χ0v) is 17.4. The van der Waals surface area contributed by atoms with E-state index >= 15 is 0 Å². The Balaban J connectivity index is 1.75. The lowest BCUT2D eigenvalue weighted by Gasteiger charge is -2.24. The molecule has 2 atom stereocenters. The number of ether oxygens (including phenoxy) is 2. The van der Waals surface area contributed by atoms with Crippen LogP contribution in [0.25, 0.3) is 11.1 Å². The fourth-order valence-electron chi connectivity index (χ4n) is 4.11. The number of rotatable bonds is 2. The second-order valence-electron chi connectivity index (χ2n) is 7.93. The van der Waals surface area contributed by atoms with Gasteiger partial charge in [0.05, 0.1) is 0 Å². The Morgan fingerprint density at radius 3 is 2.19 bits per heavy atom. The fraction of sp³-hybridized carbons (Fsp3) is 0.381. The molecular formula is C21H20BrClO3. The minimum atomic E-state index is -0.933. The van der Waals surface area contributed by atoms with Gasteiger partial charge in [-0.1, -0.05) is 45.7 Å². The van der Waals surface area contributed by atoms with Gasteiger partial charge < -0.3 is 9.47 Å². The number of halogens is 2. The number of carbonyl (C=O) groups is 1. The number of ketones is 1. The van der Waals surface area contributed by atoms with Gasteiger partial charge in [-0.15, -0.1) is 0 Å². The molecule has 2 saturated heterocycles. The Bertz CT molecular complexity index is 904. The van der Waals surface area contributed by atoms with Gasteiger partial charge in [0.2, 0.25) is 5.78 Å². The van der Waals surface area contributed by atoms with E-state index in [4.69, 9.17) is 21.1 Å². The van der Waals surface area contributed by atoms with Gasteiger partial charge in [-0.3, -0.25) is 4.79 Å². The van der Waals surface area contributed by atoms with Gasteiger partial charge in [-0.25, -0.2) is 0 Å². The summed E-state index contributed by atoms with van der Waals surface area (Å²) in [5, 5.41) is 0.702. The monoisotopic (exact) mass is 434 g/mol. The third kappa shape index (κ3) is 2.50. The zero-order valence-electron chi connectivity index (χ0n) is 15.1. The van der Waals surface area contributed by atoms with E-state index in [0.717, 1.165) is 21.2 Å². The molecule has 2 aliphatic rings. The van der Waals surface area contributed by atoms with Crippen molar-refractivity contribution in [3.05, 3.63) is 57.5 Å². The summed E-state index contributed by atoms with van der Waals surface area (Å²) in [6, 6.07) is 13.8. The zero-order chi connectivity index (χ0) is 18.9. The highest BCUT2D eigenvalue weighted by Crippen LogP contribution is 2.64. The Hall–Kier alpha value is -1.20. The molecule has 2 aromatic rings. The summed E-state index contributed by atoms with van der Waals surface area (Å²) in [5.41, 5.74) is 0.602. The molecule has 136 valence electrons.